The van der Waals surface area contributed by atoms with E-state index in [2.05, 4.69) is 10.6 Å². The van der Waals surface area contributed by atoms with Crippen molar-refractivity contribution in [3.05, 3.63) is 0 Å². The van der Waals surface area contributed by atoms with Crippen molar-refractivity contribution in [3.8, 4) is 0 Å². The number of hydrogen-bond acceptors (Lipinski definition) is 3. The van der Waals surface area contributed by atoms with E-state index in [-0.39, 0.29) is 0 Å². The maximum absolute atomic E-state index is 9.82. The Morgan fingerprint density at radius 2 is 2.64 bits per heavy atom. The molecular formula is C7H14N2O2. The molecule has 0 radical (unpaired) electrons. The van der Waals surface area contributed by atoms with Gasteiger partial charge >= 0.3 is 0 Å². The Morgan fingerprint density at radius 1 is 1.73 bits per heavy atom. The highest BCUT2D eigenvalue weighted by Crippen LogP contribution is 2.01. The summed E-state index contributed by atoms with van der Waals surface area (Å²) in [5, 5.41) is 5.74. The van der Waals surface area contributed by atoms with Gasteiger partial charge in [0.25, 0.3) is 0 Å². The van der Waals surface area contributed by atoms with Crippen LogP contribution in [0.25, 0.3) is 0 Å². The zero-order valence-corrected chi connectivity index (χ0v) is 6.51. The van der Waals surface area contributed by atoms with Crippen LogP contribution in [0.4, 0.5) is 0 Å². The molecule has 1 heterocycles. The fourth-order valence-electron chi connectivity index (χ4n) is 1.11. The fraction of sp³-hybridized carbons (Fsp3) is 0.857. The van der Waals surface area contributed by atoms with Crippen LogP contribution in [0, 0.1) is 0 Å². The number of amides is 1. The van der Waals surface area contributed by atoms with Gasteiger partial charge < -0.3 is 15.4 Å². The molecule has 1 unspecified atom stereocenters. The maximum Gasteiger partial charge on any atom is 0.207 e. The van der Waals surface area contributed by atoms with Crippen molar-refractivity contribution < 1.29 is 9.53 Å². The summed E-state index contributed by atoms with van der Waals surface area (Å²) in [6.07, 6.45) is 2.13. The van der Waals surface area contributed by atoms with Gasteiger partial charge in [0.1, 0.15) is 0 Å². The van der Waals surface area contributed by atoms with E-state index in [1.54, 1.807) is 0 Å². The van der Waals surface area contributed by atoms with Gasteiger partial charge in [0, 0.05) is 13.1 Å². The predicted molar refractivity (Wildman–Crippen MR) is 41.3 cm³/mol. The lowest BCUT2D eigenvalue weighted by Crippen LogP contribution is -2.23. The summed E-state index contributed by atoms with van der Waals surface area (Å²) in [7, 11) is 0. The Hall–Kier alpha value is -0.610. The van der Waals surface area contributed by atoms with E-state index < -0.39 is 0 Å². The molecule has 0 bridgehead atoms. The first-order valence-electron chi connectivity index (χ1n) is 3.93. The molecule has 0 aromatic carbocycles. The summed E-state index contributed by atoms with van der Waals surface area (Å²) in [5.74, 6) is 0. The van der Waals surface area contributed by atoms with E-state index in [4.69, 9.17) is 4.74 Å². The quantitative estimate of drug-likeness (QED) is 0.403. The minimum atomic E-state index is 0.350. The highest BCUT2D eigenvalue weighted by atomic mass is 16.5. The molecule has 1 fully saturated rings. The predicted octanol–water partition coefficient (Wildman–Crippen LogP) is -0.889. The third kappa shape index (κ3) is 3.34. The number of hydrogen-bond donors (Lipinski definition) is 2. The molecule has 1 rings (SSSR count). The fourth-order valence-corrected chi connectivity index (χ4v) is 1.11. The Bertz CT molecular complexity index is 113. The monoisotopic (exact) mass is 158 g/mol. The minimum Gasteiger partial charge on any atom is -0.375 e. The van der Waals surface area contributed by atoms with E-state index in [0.29, 0.717) is 25.7 Å². The third-order valence-electron chi connectivity index (χ3n) is 1.70. The van der Waals surface area contributed by atoms with Gasteiger partial charge in [-0.3, -0.25) is 4.79 Å². The standard InChI is InChI=1S/C7H14N2O2/c10-6-9-3-4-11-7-1-2-8-5-7/h6-8H,1-5H2,(H,9,10). The van der Waals surface area contributed by atoms with E-state index in [9.17, 15) is 4.79 Å². The van der Waals surface area contributed by atoms with E-state index in [0.717, 1.165) is 19.5 Å². The van der Waals surface area contributed by atoms with Gasteiger partial charge in [0.2, 0.25) is 6.41 Å². The van der Waals surface area contributed by atoms with Crippen molar-refractivity contribution in [1.29, 1.82) is 0 Å². The molecule has 1 amide bonds. The molecular weight excluding hydrogens is 144 g/mol. The van der Waals surface area contributed by atoms with Crippen LogP contribution in [0.5, 0.6) is 0 Å². The summed E-state index contributed by atoms with van der Waals surface area (Å²) in [5.41, 5.74) is 0. The zero-order chi connectivity index (χ0) is 7.94. The van der Waals surface area contributed by atoms with Gasteiger partial charge in [0.15, 0.2) is 0 Å². The topological polar surface area (TPSA) is 50.4 Å². The van der Waals surface area contributed by atoms with Crippen LogP contribution in [0.1, 0.15) is 6.42 Å². The molecule has 0 aliphatic carbocycles. The van der Waals surface area contributed by atoms with Crippen LogP contribution in [-0.4, -0.2) is 38.8 Å². The molecule has 64 valence electrons. The first-order chi connectivity index (χ1) is 5.43. The molecule has 1 aliphatic heterocycles. The smallest absolute Gasteiger partial charge is 0.207 e. The minimum absolute atomic E-state index is 0.350. The number of ether oxygens (including phenoxy) is 1. The lowest BCUT2D eigenvalue weighted by atomic mass is 10.3. The van der Waals surface area contributed by atoms with Crippen LogP contribution >= 0.6 is 0 Å². The lowest BCUT2D eigenvalue weighted by Gasteiger charge is -2.08. The Balaban J connectivity index is 1.89. The molecule has 0 aromatic heterocycles. The molecule has 4 nitrogen and oxygen atoms in total. The highest BCUT2D eigenvalue weighted by molar-refractivity contribution is 5.45. The molecule has 1 atom stereocenters. The SMILES string of the molecule is O=CNCCOC1CCNC1. The van der Waals surface area contributed by atoms with Crippen molar-refractivity contribution >= 4 is 6.41 Å². The number of carbonyl (C=O) groups is 1. The first-order valence-corrected chi connectivity index (χ1v) is 3.93. The van der Waals surface area contributed by atoms with Crippen molar-refractivity contribution in [2.75, 3.05) is 26.2 Å². The maximum atomic E-state index is 9.82. The third-order valence-corrected chi connectivity index (χ3v) is 1.70. The number of carbonyl (C=O) groups excluding carboxylic acids is 1. The Labute approximate surface area is 66.3 Å². The second-order valence-electron chi connectivity index (χ2n) is 2.56. The van der Waals surface area contributed by atoms with Gasteiger partial charge in [-0.1, -0.05) is 0 Å². The molecule has 1 aliphatic rings. The normalized spacial score (nSPS) is 23.5. The van der Waals surface area contributed by atoms with Gasteiger partial charge in [-0.25, -0.2) is 0 Å². The van der Waals surface area contributed by atoms with Gasteiger partial charge in [0.05, 0.1) is 12.7 Å². The molecule has 4 heteroatoms. The van der Waals surface area contributed by atoms with E-state index in [1.807, 2.05) is 0 Å². The second kappa shape index (κ2) is 5.09. The number of nitrogens with one attached hydrogen (secondary N) is 2. The molecule has 0 aromatic rings. The molecule has 0 spiro atoms. The summed E-state index contributed by atoms with van der Waals surface area (Å²) in [6, 6.07) is 0. The van der Waals surface area contributed by atoms with Gasteiger partial charge in [-0.15, -0.1) is 0 Å². The van der Waals surface area contributed by atoms with Crippen LogP contribution in [0.15, 0.2) is 0 Å². The largest absolute Gasteiger partial charge is 0.375 e. The summed E-state index contributed by atoms with van der Waals surface area (Å²) < 4.78 is 5.42. The number of rotatable bonds is 5. The molecule has 2 N–H and O–H groups in total. The highest BCUT2D eigenvalue weighted by Gasteiger charge is 2.13. The zero-order valence-electron chi connectivity index (χ0n) is 6.51. The molecule has 0 saturated carbocycles. The van der Waals surface area contributed by atoms with Crippen LogP contribution in [0.3, 0.4) is 0 Å². The van der Waals surface area contributed by atoms with E-state index in [1.165, 1.54) is 0 Å². The first kappa shape index (κ1) is 8.49. The molecule has 1 saturated heterocycles. The average molecular weight is 158 g/mol. The lowest BCUT2D eigenvalue weighted by molar-refractivity contribution is -0.109. The second-order valence-corrected chi connectivity index (χ2v) is 2.56. The summed E-state index contributed by atoms with van der Waals surface area (Å²) in [6.45, 7) is 3.22. The summed E-state index contributed by atoms with van der Waals surface area (Å²) in [4.78, 5) is 9.82. The van der Waals surface area contributed by atoms with Gasteiger partial charge in [-0.2, -0.15) is 0 Å². The Morgan fingerprint density at radius 3 is 3.27 bits per heavy atom. The Kier molecular flexibility index (Phi) is 3.93. The van der Waals surface area contributed by atoms with Gasteiger partial charge in [-0.05, 0) is 13.0 Å². The van der Waals surface area contributed by atoms with Crippen molar-refractivity contribution in [3.63, 3.8) is 0 Å². The molecule has 11 heavy (non-hydrogen) atoms. The van der Waals surface area contributed by atoms with Crippen LogP contribution < -0.4 is 10.6 Å². The van der Waals surface area contributed by atoms with E-state index >= 15 is 0 Å². The van der Waals surface area contributed by atoms with Crippen LogP contribution in [0.2, 0.25) is 0 Å². The van der Waals surface area contributed by atoms with Crippen molar-refractivity contribution in [1.82, 2.24) is 10.6 Å². The van der Waals surface area contributed by atoms with Crippen molar-refractivity contribution in [2.45, 2.75) is 12.5 Å². The average Bonchev–Trinajstić information content (AvgIpc) is 2.50. The van der Waals surface area contributed by atoms with Crippen molar-refractivity contribution in [2.24, 2.45) is 0 Å². The summed E-state index contributed by atoms with van der Waals surface area (Å²) >= 11 is 0. The van der Waals surface area contributed by atoms with Crippen LogP contribution in [-0.2, 0) is 9.53 Å².